The predicted octanol–water partition coefficient (Wildman–Crippen LogP) is 1.23. The molecule has 1 aromatic carbocycles. The summed E-state index contributed by atoms with van der Waals surface area (Å²) < 4.78 is 9.57. The molecule has 0 saturated heterocycles. The quantitative estimate of drug-likeness (QED) is 0.442. The van der Waals surface area contributed by atoms with E-state index in [1.807, 2.05) is 0 Å². The number of nitrogens with zero attached hydrogens (tertiary/aromatic N) is 6. The summed E-state index contributed by atoms with van der Waals surface area (Å²) in [6.45, 7) is 0. The van der Waals surface area contributed by atoms with Crippen LogP contribution in [-0.2, 0) is 21.1 Å². The van der Waals surface area contributed by atoms with Crippen molar-refractivity contribution < 1.29 is 9.53 Å². The van der Waals surface area contributed by atoms with Gasteiger partial charge in [0.2, 0.25) is 5.13 Å². The van der Waals surface area contributed by atoms with Crippen LogP contribution in [0.15, 0.2) is 43.4 Å². The Morgan fingerprint density at radius 2 is 1.77 bits per heavy atom. The van der Waals surface area contributed by atoms with Crippen molar-refractivity contribution in [1.29, 1.82) is 0 Å². The number of imidazole rings is 1. The molecule has 0 aliphatic carbocycles. The van der Waals surface area contributed by atoms with Gasteiger partial charge in [-0.25, -0.2) is 9.78 Å². The number of fused-ring (bicyclic) bond motifs is 1. The zero-order chi connectivity index (χ0) is 22.3. The summed E-state index contributed by atoms with van der Waals surface area (Å²) in [5, 5.41) is 11.6. The molecule has 4 aromatic rings. The summed E-state index contributed by atoms with van der Waals surface area (Å²) in [5.74, 6) is 0.331. The van der Waals surface area contributed by atoms with Crippen molar-refractivity contribution in [3.05, 3.63) is 50.7 Å². The lowest BCUT2D eigenvalue weighted by Crippen LogP contribution is -2.37. The van der Waals surface area contributed by atoms with E-state index >= 15 is 0 Å². The molecule has 1 amide bonds. The minimum atomic E-state index is -0.452. The Morgan fingerprint density at radius 1 is 1.06 bits per heavy atom. The second-order valence-electron chi connectivity index (χ2n) is 6.49. The average molecular weight is 460 g/mol. The van der Waals surface area contributed by atoms with Gasteiger partial charge in [0.15, 0.2) is 20.7 Å². The number of aromatic nitrogens is 6. The number of hydrogen-bond donors (Lipinski definition) is 1. The fourth-order valence-corrected chi connectivity index (χ4v) is 4.58. The van der Waals surface area contributed by atoms with Gasteiger partial charge < -0.3 is 9.30 Å². The molecule has 0 saturated carbocycles. The lowest BCUT2D eigenvalue weighted by molar-refractivity contribution is 0.102. The van der Waals surface area contributed by atoms with E-state index in [1.54, 1.807) is 50.0 Å². The van der Waals surface area contributed by atoms with Crippen molar-refractivity contribution in [1.82, 2.24) is 28.9 Å². The van der Waals surface area contributed by atoms with Gasteiger partial charge in [-0.05, 0) is 36.0 Å². The summed E-state index contributed by atoms with van der Waals surface area (Å²) in [6, 6.07) is 6.68. The highest BCUT2D eigenvalue weighted by atomic mass is 32.2. The van der Waals surface area contributed by atoms with Gasteiger partial charge in [0, 0.05) is 26.7 Å². The lowest BCUT2D eigenvalue weighted by Gasteiger charge is -2.03. The van der Waals surface area contributed by atoms with E-state index < -0.39 is 11.2 Å². The van der Waals surface area contributed by atoms with Crippen molar-refractivity contribution in [2.24, 2.45) is 21.1 Å². The van der Waals surface area contributed by atoms with Gasteiger partial charge >= 0.3 is 5.69 Å². The Bertz CT molecular complexity index is 1420. The highest BCUT2D eigenvalue weighted by molar-refractivity contribution is 8.01. The maximum Gasteiger partial charge on any atom is 0.332 e. The molecule has 3 aromatic heterocycles. The predicted molar refractivity (Wildman–Crippen MR) is 116 cm³/mol. The fourth-order valence-electron chi connectivity index (χ4n) is 2.88. The number of benzene rings is 1. The van der Waals surface area contributed by atoms with E-state index in [1.165, 1.54) is 34.7 Å². The van der Waals surface area contributed by atoms with Crippen LogP contribution in [0, 0.1) is 0 Å². The van der Waals surface area contributed by atoms with Crippen molar-refractivity contribution in [2.75, 3.05) is 12.4 Å². The molecular weight excluding hydrogens is 442 g/mol. The van der Waals surface area contributed by atoms with Gasteiger partial charge in [-0.15, -0.1) is 10.2 Å². The summed E-state index contributed by atoms with van der Waals surface area (Å²) in [5.41, 5.74) is 0.175. The maximum absolute atomic E-state index is 12.5. The third-order valence-corrected chi connectivity index (χ3v) is 6.53. The number of rotatable bonds is 5. The van der Waals surface area contributed by atoms with E-state index in [-0.39, 0.29) is 11.6 Å². The summed E-state index contributed by atoms with van der Waals surface area (Å²) in [6.07, 6.45) is 0. The van der Waals surface area contributed by atoms with Crippen molar-refractivity contribution in [3.63, 3.8) is 0 Å². The van der Waals surface area contributed by atoms with Crippen LogP contribution < -0.4 is 21.3 Å². The zero-order valence-electron chi connectivity index (χ0n) is 16.9. The molecule has 0 aliphatic heterocycles. The molecule has 1 N–H and O–H groups in total. The minimum Gasteiger partial charge on any atom is -0.497 e. The standard InChI is InChI=1S/C18H17N7O4S2/c1-23-11-12(24(2)18(28)25(3)14(11)27)19-16(23)31-17-22-21-15(30-17)20-13(26)9-5-7-10(29-4)8-6-9/h5-8H,1-4H3,(H,20,21,26). The first-order valence-corrected chi connectivity index (χ1v) is 10.5. The number of aryl methyl sites for hydroxylation is 2. The Kier molecular flexibility index (Phi) is 5.37. The Labute approximate surface area is 183 Å². The number of carbonyl (C=O) groups is 1. The molecule has 0 atom stereocenters. The summed E-state index contributed by atoms with van der Waals surface area (Å²) in [4.78, 5) is 41.4. The fraction of sp³-hybridized carbons (Fsp3) is 0.222. The molecule has 0 bridgehead atoms. The van der Waals surface area contributed by atoms with E-state index in [4.69, 9.17) is 4.74 Å². The van der Waals surface area contributed by atoms with Gasteiger partial charge in [0.25, 0.3) is 11.5 Å². The molecule has 13 heteroatoms. The van der Waals surface area contributed by atoms with Gasteiger partial charge in [-0.1, -0.05) is 11.3 Å². The van der Waals surface area contributed by atoms with E-state index in [9.17, 15) is 14.4 Å². The van der Waals surface area contributed by atoms with Crippen LogP contribution in [0.3, 0.4) is 0 Å². The molecule has 4 rings (SSSR count). The molecule has 0 spiro atoms. The number of nitrogens with one attached hydrogen (secondary N) is 1. The van der Waals surface area contributed by atoms with E-state index in [2.05, 4.69) is 20.5 Å². The topological polar surface area (TPSA) is 126 Å². The van der Waals surface area contributed by atoms with Crippen LogP contribution in [0.4, 0.5) is 5.13 Å². The third-order valence-electron chi connectivity index (χ3n) is 4.59. The molecule has 3 heterocycles. The van der Waals surface area contributed by atoms with Crippen molar-refractivity contribution in [2.45, 2.75) is 9.50 Å². The van der Waals surface area contributed by atoms with Crippen LogP contribution in [0.5, 0.6) is 5.75 Å². The normalized spacial score (nSPS) is 11.1. The summed E-state index contributed by atoms with van der Waals surface area (Å²) >= 11 is 2.35. The number of carbonyl (C=O) groups excluding carboxylic acids is 1. The smallest absolute Gasteiger partial charge is 0.332 e. The first-order chi connectivity index (χ1) is 14.8. The van der Waals surface area contributed by atoms with Crippen LogP contribution in [-0.4, -0.2) is 41.9 Å². The van der Waals surface area contributed by atoms with Crippen LogP contribution >= 0.6 is 23.1 Å². The monoisotopic (exact) mass is 459 g/mol. The van der Waals surface area contributed by atoms with Crippen LogP contribution in [0.25, 0.3) is 11.2 Å². The average Bonchev–Trinajstić information content (AvgIpc) is 3.35. The zero-order valence-corrected chi connectivity index (χ0v) is 18.6. The van der Waals surface area contributed by atoms with Crippen LogP contribution in [0.2, 0.25) is 0 Å². The lowest BCUT2D eigenvalue weighted by atomic mass is 10.2. The Morgan fingerprint density at radius 3 is 2.45 bits per heavy atom. The number of anilines is 1. The summed E-state index contributed by atoms with van der Waals surface area (Å²) in [7, 11) is 6.23. The molecule has 0 radical (unpaired) electrons. The molecule has 0 unspecified atom stereocenters. The minimum absolute atomic E-state index is 0.288. The second kappa shape index (κ2) is 8.00. The van der Waals surface area contributed by atoms with E-state index in [0.29, 0.717) is 31.5 Å². The van der Waals surface area contributed by atoms with Gasteiger partial charge in [-0.3, -0.25) is 24.0 Å². The second-order valence-corrected chi connectivity index (χ2v) is 8.68. The molecule has 11 nitrogen and oxygen atoms in total. The number of ether oxygens (including phenoxy) is 1. The maximum atomic E-state index is 12.5. The van der Waals surface area contributed by atoms with Crippen molar-refractivity contribution >= 4 is 45.3 Å². The number of amides is 1. The van der Waals surface area contributed by atoms with Gasteiger partial charge in [0.05, 0.1) is 7.11 Å². The van der Waals surface area contributed by atoms with Crippen molar-refractivity contribution in [3.8, 4) is 5.75 Å². The third kappa shape index (κ3) is 3.72. The molecule has 31 heavy (non-hydrogen) atoms. The SMILES string of the molecule is COc1ccc(C(=O)Nc2nnc(Sc3nc4c(c(=O)n(C)c(=O)n4C)n3C)s2)cc1. The Hall–Kier alpha value is -3.45. The van der Waals surface area contributed by atoms with Gasteiger partial charge in [-0.2, -0.15) is 0 Å². The first-order valence-electron chi connectivity index (χ1n) is 8.89. The molecule has 160 valence electrons. The van der Waals surface area contributed by atoms with Gasteiger partial charge in [0.1, 0.15) is 5.75 Å². The number of methoxy groups -OCH3 is 1. The molecule has 0 fully saturated rings. The van der Waals surface area contributed by atoms with Crippen LogP contribution in [0.1, 0.15) is 10.4 Å². The largest absolute Gasteiger partial charge is 0.497 e. The highest BCUT2D eigenvalue weighted by Gasteiger charge is 2.19. The molecule has 0 aliphatic rings. The molecular formula is C18H17N7O4S2. The number of hydrogen-bond acceptors (Lipinski definition) is 9. The van der Waals surface area contributed by atoms with E-state index in [0.717, 1.165) is 4.57 Å². The Balaban J connectivity index is 1.57. The first kappa shape index (κ1) is 20.8. The highest BCUT2D eigenvalue weighted by Crippen LogP contribution is 2.32.